The second kappa shape index (κ2) is 7.90. The minimum absolute atomic E-state index is 0.128. The molecule has 5 aromatic rings. The van der Waals surface area contributed by atoms with Gasteiger partial charge in [-0.2, -0.15) is 15.3 Å². The van der Waals surface area contributed by atoms with Gasteiger partial charge in [0.2, 0.25) is 11.6 Å². The topological polar surface area (TPSA) is 130 Å². The quantitative estimate of drug-likeness (QED) is 0.436. The molecule has 10 nitrogen and oxygen atoms in total. The van der Waals surface area contributed by atoms with Crippen molar-refractivity contribution in [1.82, 2.24) is 45.2 Å². The molecule has 4 aromatic heterocycles. The van der Waals surface area contributed by atoms with Gasteiger partial charge < -0.3 is 0 Å². The van der Waals surface area contributed by atoms with Crippen LogP contribution in [0.2, 0.25) is 0 Å². The summed E-state index contributed by atoms with van der Waals surface area (Å²) in [5.41, 5.74) is 4.98. The van der Waals surface area contributed by atoms with Crippen LogP contribution in [0.5, 0.6) is 0 Å². The van der Waals surface area contributed by atoms with Gasteiger partial charge in [0.1, 0.15) is 6.33 Å². The molecular weight excluding hydrogens is 394 g/mol. The summed E-state index contributed by atoms with van der Waals surface area (Å²) in [6.45, 7) is 2.08. The monoisotopic (exact) mass is 413 g/mol. The van der Waals surface area contributed by atoms with Gasteiger partial charge in [-0.25, -0.2) is 4.52 Å². The number of hydrogen-bond acceptors (Lipinski definition) is 7. The molecule has 0 saturated heterocycles. The highest BCUT2D eigenvalue weighted by Gasteiger charge is 2.15. The van der Waals surface area contributed by atoms with E-state index < -0.39 is 0 Å². The molecule has 10 heteroatoms. The fraction of sp³-hybridized carbons (Fsp3) is 0.190. The lowest BCUT2D eigenvalue weighted by Crippen LogP contribution is -2.20. The highest BCUT2D eigenvalue weighted by molar-refractivity contribution is 5.77. The van der Waals surface area contributed by atoms with Gasteiger partial charge >= 0.3 is 0 Å². The Hall–Kier alpha value is -4.21. The molecule has 0 amide bonds. The number of H-pyrrole nitrogens is 2. The molecule has 0 spiro atoms. The molecule has 0 fully saturated rings. The van der Waals surface area contributed by atoms with Crippen LogP contribution < -0.4 is 5.56 Å². The fourth-order valence-electron chi connectivity index (χ4n) is 3.71. The molecule has 0 radical (unpaired) electrons. The molecule has 154 valence electrons. The maximum Gasteiger partial charge on any atom is 0.256 e. The number of rotatable bonds is 6. The Kier molecular flexibility index (Phi) is 4.79. The number of pyridine rings is 1. The fourth-order valence-corrected chi connectivity index (χ4v) is 3.71. The van der Waals surface area contributed by atoms with Crippen LogP contribution in [-0.4, -0.2) is 45.2 Å². The highest BCUT2D eigenvalue weighted by atomic mass is 16.1. The van der Waals surface area contributed by atoms with E-state index in [1.807, 2.05) is 36.4 Å². The van der Waals surface area contributed by atoms with Crippen molar-refractivity contribution in [2.75, 3.05) is 0 Å². The summed E-state index contributed by atoms with van der Waals surface area (Å²) in [5.74, 6) is 0.959. The zero-order valence-corrected chi connectivity index (χ0v) is 16.8. The van der Waals surface area contributed by atoms with Crippen molar-refractivity contribution in [2.45, 2.75) is 26.2 Å². The largest absolute Gasteiger partial charge is 0.291 e. The maximum absolute atomic E-state index is 12.7. The van der Waals surface area contributed by atoms with Gasteiger partial charge in [-0.05, 0) is 29.3 Å². The first kappa shape index (κ1) is 18.8. The Morgan fingerprint density at radius 3 is 2.74 bits per heavy atom. The number of nitrogens with zero attached hydrogens (tertiary/aromatic N) is 7. The minimum Gasteiger partial charge on any atom is -0.291 e. The van der Waals surface area contributed by atoms with Gasteiger partial charge in [-0.15, -0.1) is 10.2 Å². The first-order valence-corrected chi connectivity index (χ1v) is 9.96. The van der Waals surface area contributed by atoms with Gasteiger partial charge in [0.25, 0.3) is 5.56 Å². The summed E-state index contributed by atoms with van der Waals surface area (Å²) >= 11 is 0. The maximum atomic E-state index is 12.7. The lowest BCUT2D eigenvalue weighted by molar-refractivity contribution is 0.770. The average molecular weight is 413 g/mol. The van der Waals surface area contributed by atoms with E-state index in [9.17, 15) is 4.79 Å². The molecule has 0 aliphatic carbocycles. The Balaban J connectivity index is 1.50. The summed E-state index contributed by atoms with van der Waals surface area (Å²) in [4.78, 5) is 24.2. The number of aromatic nitrogens is 9. The van der Waals surface area contributed by atoms with E-state index in [1.165, 1.54) is 6.33 Å². The predicted molar refractivity (Wildman–Crippen MR) is 113 cm³/mol. The third-order valence-electron chi connectivity index (χ3n) is 5.14. The van der Waals surface area contributed by atoms with Crippen molar-refractivity contribution in [3.8, 4) is 22.6 Å². The van der Waals surface area contributed by atoms with Gasteiger partial charge in [0.15, 0.2) is 0 Å². The summed E-state index contributed by atoms with van der Waals surface area (Å²) < 4.78 is 1.72. The van der Waals surface area contributed by atoms with Crippen molar-refractivity contribution < 1.29 is 0 Å². The van der Waals surface area contributed by atoms with Gasteiger partial charge in [0.05, 0.1) is 11.4 Å². The second-order valence-corrected chi connectivity index (χ2v) is 7.13. The van der Waals surface area contributed by atoms with Crippen LogP contribution in [0.15, 0.2) is 53.7 Å². The van der Waals surface area contributed by atoms with Crippen LogP contribution in [0.1, 0.15) is 30.2 Å². The summed E-state index contributed by atoms with van der Waals surface area (Å²) in [6.07, 6.45) is 5.34. The Labute approximate surface area is 176 Å². The van der Waals surface area contributed by atoms with Gasteiger partial charge in [-0.3, -0.25) is 14.8 Å². The number of fused-ring (bicyclic) bond motifs is 1. The summed E-state index contributed by atoms with van der Waals surface area (Å²) in [7, 11) is 0. The van der Waals surface area contributed by atoms with Crippen molar-refractivity contribution >= 4 is 5.78 Å². The third kappa shape index (κ3) is 3.48. The Bertz CT molecular complexity index is 1380. The third-order valence-corrected chi connectivity index (χ3v) is 5.14. The number of hydrogen-bond donors (Lipinski definition) is 2. The molecular formula is C21H19N9O. The van der Waals surface area contributed by atoms with E-state index >= 15 is 0 Å². The van der Waals surface area contributed by atoms with Gasteiger partial charge in [0, 0.05) is 29.3 Å². The molecule has 0 saturated carbocycles. The molecule has 2 N–H and O–H groups in total. The van der Waals surface area contributed by atoms with Crippen LogP contribution in [-0.2, 0) is 12.8 Å². The van der Waals surface area contributed by atoms with Crippen molar-refractivity contribution in [2.24, 2.45) is 0 Å². The molecule has 0 atom stereocenters. The van der Waals surface area contributed by atoms with E-state index in [2.05, 4.69) is 47.6 Å². The van der Waals surface area contributed by atoms with E-state index in [4.69, 9.17) is 0 Å². The van der Waals surface area contributed by atoms with Crippen LogP contribution in [0.3, 0.4) is 0 Å². The van der Waals surface area contributed by atoms with Crippen LogP contribution in [0, 0.1) is 0 Å². The lowest BCUT2D eigenvalue weighted by Gasteiger charge is -2.11. The van der Waals surface area contributed by atoms with E-state index in [1.54, 1.807) is 10.7 Å². The molecule has 31 heavy (non-hydrogen) atoms. The molecule has 0 unspecified atom stereocenters. The van der Waals surface area contributed by atoms with Crippen LogP contribution in [0.25, 0.3) is 28.4 Å². The molecule has 0 aliphatic rings. The van der Waals surface area contributed by atoms with Crippen LogP contribution >= 0.6 is 0 Å². The van der Waals surface area contributed by atoms with E-state index in [-0.39, 0.29) is 5.56 Å². The van der Waals surface area contributed by atoms with E-state index in [0.717, 1.165) is 40.9 Å². The number of tetrazole rings is 1. The smallest absolute Gasteiger partial charge is 0.256 e. The summed E-state index contributed by atoms with van der Waals surface area (Å²) in [6, 6.07) is 11.7. The number of benzene rings is 1. The molecule has 1 aromatic carbocycles. The number of aromatic amines is 2. The molecule has 4 heterocycles. The number of nitrogens with one attached hydrogen (secondary N) is 2. The molecule has 5 rings (SSSR count). The van der Waals surface area contributed by atoms with Crippen molar-refractivity contribution in [3.05, 3.63) is 76.1 Å². The first-order valence-electron chi connectivity index (χ1n) is 9.96. The summed E-state index contributed by atoms with van der Waals surface area (Å²) in [5, 5.41) is 18.5. The van der Waals surface area contributed by atoms with Crippen molar-refractivity contribution in [3.63, 3.8) is 0 Å². The minimum atomic E-state index is -0.128. The Morgan fingerprint density at radius 1 is 1.10 bits per heavy atom. The van der Waals surface area contributed by atoms with Crippen molar-refractivity contribution in [1.29, 1.82) is 0 Å². The lowest BCUT2D eigenvalue weighted by atomic mass is 9.99. The molecule has 0 bridgehead atoms. The Morgan fingerprint density at radius 2 is 1.97 bits per heavy atom. The average Bonchev–Trinajstić information content (AvgIpc) is 3.49. The highest BCUT2D eigenvalue weighted by Crippen LogP contribution is 2.28. The zero-order chi connectivity index (χ0) is 21.2. The SMILES string of the molecule is CCCc1c(Cc2ccc(-c3ncccc3-c3nn[nH]n3)cc2)c(=O)[nH]c2ncnn12. The number of aryl methyl sites for hydroxylation is 1. The normalized spacial score (nSPS) is 11.3. The predicted octanol–water partition coefficient (Wildman–Crippen LogP) is 2.20. The van der Waals surface area contributed by atoms with Gasteiger partial charge in [-0.1, -0.05) is 37.6 Å². The second-order valence-electron chi connectivity index (χ2n) is 7.13. The van der Waals surface area contributed by atoms with Crippen LogP contribution in [0.4, 0.5) is 0 Å². The first-order chi connectivity index (χ1) is 15.2. The zero-order valence-electron chi connectivity index (χ0n) is 16.8. The standard InChI is InChI=1S/C21H19N9O/c1-2-4-17-16(20(31)25-21-23-12-24-30(17)21)11-13-6-8-14(9-7-13)18-15(5-3-10-22-18)19-26-28-29-27-19/h3,5-10,12H,2,4,11H2,1H3,(H,23,24,25,31)(H,26,27,28,29). The molecule has 0 aliphatic heterocycles. The van der Waals surface area contributed by atoms with E-state index in [0.29, 0.717) is 23.6 Å².